The summed E-state index contributed by atoms with van der Waals surface area (Å²) in [6.07, 6.45) is 5.41. The second kappa shape index (κ2) is 6.56. The van der Waals surface area contributed by atoms with E-state index in [0.29, 0.717) is 13.1 Å². The van der Waals surface area contributed by atoms with E-state index in [1.54, 1.807) is 10.9 Å². The van der Waals surface area contributed by atoms with E-state index in [-0.39, 0.29) is 6.03 Å². The number of aromatic amines is 1. The molecule has 3 aromatic rings. The van der Waals surface area contributed by atoms with Crippen LogP contribution in [0.3, 0.4) is 0 Å². The number of carbonyl (C=O) groups excluding carboxylic acids is 1. The Hall–Kier alpha value is -2.87. The Labute approximate surface area is 145 Å². The van der Waals surface area contributed by atoms with Gasteiger partial charge in [0.05, 0.1) is 18.3 Å². The number of urea groups is 1. The lowest BCUT2D eigenvalue weighted by Gasteiger charge is -2.34. The van der Waals surface area contributed by atoms with E-state index in [1.165, 1.54) is 0 Å². The normalized spacial score (nSPS) is 15.6. The number of nitrogens with zero attached hydrogens (tertiary/aromatic N) is 5. The topological polar surface area (TPSA) is 82.1 Å². The third-order valence-electron chi connectivity index (χ3n) is 4.59. The molecule has 1 fully saturated rings. The number of hydrogen-bond acceptors (Lipinski definition) is 4. The molecule has 0 saturated carbocycles. The Kier molecular flexibility index (Phi) is 4.10. The molecule has 130 valence electrons. The Balaban J connectivity index is 1.34. The lowest BCUT2D eigenvalue weighted by atomic mass is 10.2. The lowest BCUT2D eigenvalue weighted by molar-refractivity contribution is 0.141. The van der Waals surface area contributed by atoms with Crippen LogP contribution >= 0.6 is 0 Å². The predicted octanol–water partition coefficient (Wildman–Crippen LogP) is 1.65. The number of benzene rings is 1. The van der Waals surface area contributed by atoms with E-state index in [0.717, 1.165) is 42.0 Å². The summed E-state index contributed by atoms with van der Waals surface area (Å²) in [6, 6.07) is 5.78. The van der Waals surface area contributed by atoms with Gasteiger partial charge in [0.25, 0.3) is 0 Å². The van der Waals surface area contributed by atoms with Crippen LogP contribution in [0.1, 0.15) is 5.82 Å². The van der Waals surface area contributed by atoms with Crippen molar-refractivity contribution in [2.75, 3.05) is 31.5 Å². The van der Waals surface area contributed by atoms with Crippen molar-refractivity contribution in [3.05, 3.63) is 42.6 Å². The van der Waals surface area contributed by atoms with E-state index in [1.807, 2.05) is 42.5 Å². The second-order valence-corrected chi connectivity index (χ2v) is 6.27. The van der Waals surface area contributed by atoms with Crippen LogP contribution in [0, 0.1) is 0 Å². The number of fused-ring (bicyclic) bond motifs is 1. The van der Waals surface area contributed by atoms with Gasteiger partial charge in [-0.1, -0.05) is 0 Å². The van der Waals surface area contributed by atoms with Gasteiger partial charge in [-0.2, -0.15) is 5.10 Å². The van der Waals surface area contributed by atoms with E-state index in [2.05, 4.69) is 25.3 Å². The van der Waals surface area contributed by atoms with Gasteiger partial charge in [-0.3, -0.25) is 9.58 Å². The molecule has 25 heavy (non-hydrogen) atoms. The van der Waals surface area contributed by atoms with E-state index in [4.69, 9.17) is 0 Å². The average Bonchev–Trinajstić information content (AvgIpc) is 3.26. The minimum atomic E-state index is -0.0563. The standard InChI is InChI=1S/C17H21N7O/c1-22-15-10-14(3-2-13(15)11-20-22)21-17(25)24-8-6-23(7-9-24)12-16-18-4-5-19-16/h2-5,10-11H,6-9,12H2,1H3,(H,18,19)(H,21,25). The minimum Gasteiger partial charge on any atom is -0.348 e. The van der Waals surface area contributed by atoms with E-state index >= 15 is 0 Å². The first kappa shape index (κ1) is 15.6. The smallest absolute Gasteiger partial charge is 0.321 e. The molecule has 0 unspecified atom stereocenters. The summed E-state index contributed by atoms with van der Waals surface area (Å²) < 4.78 is 1.80. The quantitative estimate of drug-likeness (QED) is 0.760. The van der Waals surface area contributed by atoms with Gasteiger partial charge in [-0.15, -0.1) is 0 Å². The largest absolute Gasteiger partial charge is 0.348 e. The zero-order chi connectivity index (χ0) is 17.2. The zero-order valence-electron chi connectivity index (χ0n) is 14.1. The van der Waals surface area contributed by atoms with Gasteiger partial charge < -0.3 is 15.2 Å². The number of hydrogen-bond donors (Lipinski definition) is 2. The highest BCUT2D eigenvalue weighted by atomic mass is 16.2. The van der Waals surface area contributed by atoms with Crippen LogP contribution in [0.15, 0.2) is 36.8 Å². The van der Waals surface area contributed by atoms with Crippen LogP contribution in [0.2, 0.25) is 0 Å². The molecule has 8 nitrogen and oxygen atoms in total. The molecule has 1 saturated heterocycles. The van der Waals surface area contributed by atoms with Gasteiger partial charge in [-0.05, 0) is 18.2 Å². The predicted molar refractivity (Wildman–Crippen MR) is 95.2 cm³/mol. The molecule has 0 radical (unpaired) electrons. The van der Waals surface area contributed by atoms with Crippen LogP contribution in [0.5, 0.6) is 0 Å². The van der Waals surface area contributed by atoms with Crippen LogP contribution in [-0.4, -0.2) is 61.8 Å². The highest BCUT2D eigenvalue weighted by Gasteiger charge is 2.21. The molecule has 0 spiro atoms. The third kappa shape index (κ3) is 3.34. The first-order chi connectivity index (χ1) is 12.2. The summed E-state index contributed by atoms with van der Waals surface area (Å²) in [5.41, 5.74) is 1.79. The molecule has 0 atom stereocenters. The number of aryl methyl sites for hydroxylation is 1. The number of aromatic nitrogens is 4. The van der Waals surface area contributed by atoms with Crippen molar-refractivity contribution in [3.8, 4) is 0 Å². The van der Waals surface area contributed by atoms with Crippen molar-refractivity contribution in [3.63, 3.8) is 0 Å². The number of piperazine rings is 1. The molecule has 1 aliphatic heterocycles. The molecule has 3 heterocycles. The molecule has 2 aromatic heterocycles. The van der Waals surface area contributed by atoms with Crippen LogP contribution in [-0.2, 0) is 13.6 Å². The highest BCUT2D eigenvalue weighted by Crippen LogP contribution is 2.19. The van der Waals surface area contributed by atoms with Crippen molar-refractivity contribution >= 4 is 22.6 Å². The molecular weight excluding hydrogens is 318 g/mol. The first-order valence-corrected chi connectivity index (χ1v) is 8.37. The first-order valence-electron chi connectivity index (χ1n) is 8.37. The number of carbonyl (C=O) groups is 1. The summed E-state index contributed by atoms with van der Waals surface area (Å²) >= 11 is 0. The van der Waals surface area contributed by atoms with Gasteiger partial charge in [0.1, 0.15) is 5.82 Å². The maximum absolute atomic E-state index is 12.5. The highest BCUT2D eigenvalue weighted by molar-refractivity contribution is 5.92. The molecule has 2 amide bonds. The number of imidazole rings is 1. The third-order valence-corrected chi connectivity index (χ3v) is 4.59. The summed E-state index contributed by atoms with van der Waals surface area (Å²) in [4.78, 5) is 24.0. The van der Waals surface area contributed by atoms with Crippen molar-refractivity contribution in [2.45, 2.75) is 6.54 Å². The van der Waals surface area contributed by atoms with E-state index < -0.39 is 0 Å². The second-order valence-electron chi connectivity index (χ2n) is 6.27. The van der Waals surface area contributed by atoms with Crippen molar-refractivity contribution in [2.24, 2.45) is 7.05 Å². The molecule has 1 aromatic carbocycles. The van der Waals surface area contributed by atoms with Crippen molar-refractivity contribution < 1.29 is 4.79 Å². The molecule has 0 aliphatic carbocycles. The average molecular weight is 339 g/mol. The van der Waals surface area contributed by atoms with Crippen molar-refractivity contribution in [1.29, 1.82) is 0 Å². The Morgan fingerprint density at radius 2 is 2.12 bits per heavy atom. The molecule has 2 N–H and O–H groups in total. The molecular formula is C17H21N7O. The SMILES string of the molecule is Cn1ncc2ccc(NC(=O)N3CCN(Cc4ncc[nH]4)CC3)cc21. The maximum atomic E-state index is 12.5. The van der Waals surface area contributed by atoms with Gasteiger partial charge in [-0.25, -0.2) is 9.78 Å². The fourth-order valence-electron chi connectivity index (χ4n) is 3.13. The maximum Gasteiger partial charge on any atom is 0.321 e. The minimum absolute atomic E-state index is 0.0563. The molecule has 1 aliphatic rings. The van der Waals surface area contributed by atoms with Gasteiger partial charge in [0.2, 0.25) is 0 Å². The molecule has 4 rings (SSSR count). The Bertz CT molecular complexity index is 862. The van der Waals surface area contributed by atoms with Crippen molar-refractivity contribution in [1.82, 2.24) is 29.5 Å². The summed E-state index contributed by atoms with van der Waals surface area (Å²) in [5.74, 6) is 0.961. The summed E-state index contributed by atoms with van der Waals surface area (Å²) in [5, 5.41) is 8.28. The number of anilines is 1. The zero-order valence-corrected chi connectivity index (χ0v) is 14.1. The number of amides is 2. The van der Waals surface area contributed by atoms with Gasteiger partial charge in [0.15, 0.2) is 0 Å². The van der Waals surface area contributed by atoms with Gasteiger partial charge in [0, 0.05) is 56.7 Å². The van der Waals surface area contributed by atoms with Crippen LogP contribution < -0.4 is 5.32 Å². The fourth-order valence-corrected chi connectivity index (χ4v) is 3.13. The Morgan fingerprint density at radius 1 is 1.28 bits per heavy atom. The van der Waals surface area contributed by atoms with Crippen LogP contribution in [0.4, 0.5) is 10.5 Å². The molecule has 8 heteroatoms. The number of H-pyrrole nitrogens is 1. The lowest BCUT2D eigenvalue weighted by Crippen LogP contribution is -2.49. The summed E-state index contributed by atoms with van der Waals surface area (Å²) in [6.45, 7) is 3.89. The van der Waals surface area contributed by atoms with E-state index in [9.17, 15) is 4.79 Å². The fraction of sp³-hybridized carbons (Fsp3) is 0.353. The monoisotopic (exact) mass is 339 g/mol. The Morgan fingerprint density at radius 3 is 2.88 bits per heavy atom. The van der Waals surface area contributed by atoms with Crippen LogP contribution in [0.25, 0.3) is 10.9 Å². The number of nitrogens with one attached hydrogen (secondary N) is 2. The molecule has 0 bridgehead atoms. The number of rotatable bonds is 3. The van der Waals surface area contributed by atoms with Gasteiger partial charge >= 0.3 is 6.03 Å². The summed E-state index contributed by atoms with van der Waals surface area (Å²) in [7, 11) is 1.90.